The Labute approximate surface area is 66.3 Å². The molecule has 0 heterocycles. The second kappa shape index (κ2) is 4.44. The topological polar surface area (TPSA) is 9.23 Å². The van der Waals surface area contributed by atoms with Gasteiger partial charge in [-0.15, -0.1) is 12.1 Å². The van der Waals surface area contributed by atoms with Crippen molar-refractivity contribution in [2.24, 2.45) is 0 Å². The van der Waals surface area contributed by atoms with E-state index < -0.39 is 32.1 Å². The van der Waals surface area contributed by atoms with Crippen LogP contribution in [0.4, 0.5) is 21.7 Å². The van der Waals surface area contributed by atoms with Crippen LogP contribution in [0.25, 0.3) is 0 Å². The van der Waals surface area contributed by atoms with Crippen molar-refractivity contribution in [2.75, 3.05) is 13.2 Å². The van der Waals surface area contributed by atoms with Crippen molar-refractivity contribution in [3.8, 4) is 0 Å². The molecule has 0 amide bonds. The van der Waals surface area contributed by atoms with E-state index >= 15 is 0 Å². The third-order valence-corrected chi connectivity index (χ3v) is 0.994. The maximum atomic E-state index is 11.7. The zero-order valence-corrected chi connectivity index (χ0v) is 6.07. The lowest BCUT2D eigenvalue weighted by molar-refractivity contribution is 0.0268. The molecular weight excluding hydrogens is 182 g/mol. The first kappa shape index (κ1) is 11.4. The summed E-state index contributed by atoms with van der Waals surface area (Å²) < 4.78 is 61.7. The standard InChI is InChI=1S/C5H7BF5O/c1-4(6(9,10)11)2-12-3-5(7)8/h5H,1-3H2/q-1. The van der Waals surface area contributed by atoms with Crippen LogP contribution >= 0.6 is 0 Å². The van der Waals surface area contributed by atoms with E-state index in [-0.39, 0.29) is 0 Å². The molecule has 0 N–H and O–H groups in total. The van der Waals surface area contributed by atoms with Crippen LogP contribution in [0.1, 0.15) is 0 Å². The van der Waals surface area contributed by atoms with Gasteiger partial charge in [0.2, 0.25) is 0 Å². The molecule has 0 unspecified atom stereocenters. The molecular formula is C5H7BF5O-. The number of alkyl halides is 2. The average molecular weight is 189 g/mol. The molecule has 0 saturated heterocycles. The van der Waals surface area contributed by atoms with Gasteiger partial charge in [0.05, 0.1) is 0 Å². The maximum Gasteiger partial charge on any atom is 0.507 e. The van der Waals surface area contributed by atoms with E-state index in [0.29, 0.717) is 0 Å². The minimum atomic E-state index is -5.17. The normalized spacial score (nSPS) is 12.2. The Morgan fingerprint density at radius 3 is 2.17 bits per heavy atom. The van der Waals surface area contributed by atoms with Crippen molar-refractivity contribution in [3.63, 3.8) is 0 Å². The first-order chi connectivity index (χ1) is 5.34. The summed E-state index contributed by atoms with van der Waals surface area (Å²) in [7, 11) is 0. The predicted octanol–water partition coefficient (Wildman–Crippen LogP) is 2.21. The fourth-order valence-corrected chi connectivity index (χ4v) is 0.374. The highest BCUT2D eigenvalue weighted by Crippen LogP contribution is 2.18. The van der Waals surface area contributed by atoms with Crippen molar-refractivity contribution < 1.29 is 26.5 Å². The summed E-state index contributed by atoms with van der Waals surface area (Å²) in [6, 6.07) is 0. The van der Waals surface area contributed by atoms with Gasteiger partial charge < -0.3 is 17.7 Å². The summed E-state index contributed by atoms with van der Waals surface area (Å²) in [5, 5.41) is 0. The summed E-state index contributed by atoms with van der Waals surface area (Å²) in [6.07, 6.45) is -2.75. The van der Waals surface area contributed by atoms with Gasteiger partial charge in [0.15, 0.2) is 0 Å². The van der Waals surface area contributed by atoms with Gasteiger partial charge in [-0.2, -0.15) is 0 Å². The van der Waals surface area contributed by atoms with Crippen molar-refractivity contribution in [1.29, 1.82) is 0 Å². The van der Waals surface area contributed by atoms with Crippen LogP contribution in [-0.4, -0.2) is 26.6 Å². The molecule has 0 aliphatic carbocycles. The molecule has 0 aliphatic rings. The minimum absolute atomic E-state index is 0.881. The van der Waals surface area contributed by atoms with E-state index in [2.05, 4.69) is 11.3 Å². The lowest BCUT2D eigenvalue weighted by Crippen LogP contribution is -2.23. The number of rotatable bonds is 5. The molecule has 0 atom stereocenters. The predicted molar refractivity (Wildman–Crippen MR) is 35.0 cm³/mol. The van der Waals surface area contributed by atoms with E-state index in [1.807, 2.05) is 0 Å². The second-order valence-corrected chi connectivity index (χ2v) is 2.14. The molecule has 72 valence electrons. The largest absolute Gasteiger partial charge is 0.507 e. The van der Waals surface area contributed by atoms with Crippen molar-refractivity contribution in [1.82, 2.24) is 0 Å². The fraction of sp³-hybridized carbons (Fsp3) is 0.600. The van der Waals surface area contributed by atoms with Gasteiger partial charge in [-0.3, -0.25) is 0 Å². The van der Waals surface area contributed by atoms with Crippen LogP contribution in [0.5, 0.6) is 0 Å². The van der Waals surface area contributed by atoms with Crippen molar-refractivity contribution in [2.45, 2.75) is 6.43 Å². The molecule has 12 heavy (non-hydrogen) atoms. The number of hydrogen-bond donors (Lipinski definition) is 0. The molecule has 7 heteroatoms. The lowest BCUT2D eigenvalue weighted by atomic mass is 9.81. The van der Waals surface area contributed by atoms with Crippen LogP contribution in [0.2, 0.25) is 0 Å². The molecule has 0 aromatic rings. The van der Waals surface area contributed by atoms with E-state index in [0.717, 1.165) is 0 Å². The van der Waals surface area contributed by atoms with Gasteiger partial charge in [0.25, 0.3) is 6.43 Å². The van der Waals surface area contributed by atoms with E-state index in [1.165, 1.54) is 0 Å². The van der Waals surface area contributed by atoms with Gasteiger partial charge in [0.1, 0.15) is 6.61 Å². The Morgan fingerprint density at radius 1 is 1.33 bits per heavy atom. The van der Waals surface area contributed by atoms with Gasteiger partial charge in [-0.1, -0.05) is 0 Å². The number of hydrogen-bond acceptors (Lipinski definition) is 1. The van der Waals surface area contributed by atoms with Crippen molar-refractivity contribution >= 4 is 6.98 Å². The second-order valence-electron chi connectivity index (χ2n) is 2.14. The third-order valence-electron chi connectivity index (χ3n) is 0.994. The average Bonchev–Trinajstić information content (AvgIpc) is 1.84. The van der Waals surface area contributed by atoms with Gasteiger partial charge in [-0.25, -0.2) is 8.78 Å². The Morgan fingerprint density at radius 2 is 1.83 bits per heavy atom. The highest BCUT2D eigenvalue weighted by atomic mass is 19.4. The Hall–Kier alpha value is -0.585. The highest BCUT2D eigenvalue weighted by Gasteiger charge is 2.26. The van der Waals surface area contributed by atoms with Crippen LogP contribution < -0.4 is 0 Å². The minimum Gasteiger partial charge on any atom is -0.445 e. The summed E-state index contributed by atoms with van der Waals surface area (Å²) in [5.41, 5.74) is -1.10. The van der Waals surface area contributed by atoms with E-state index in [1.54, 1.807) is 0 Å². The Balaban J connectivity index is 3.59. The summed E-state index contributed by atoms with van der Waals surface area (Å²) in [4.78, 5) is 0. The molecule has 0 aromatic heterocycles. The Bertz CT molecular complexity index is 154. The number of halogens is 5. The molecule has 0 spiro atoms. The molecule has 0 radical (unpaired) electrons. The highest BCUT2D eigenvalue weighted by molar-refractivity contribution is 6.66. The van der Waals surface area contributed by atoms with Gasteiger partial charge >= 0.3 is 6.98 Å². The zero-order valence-electron chi connectivity index (χ0n) is 6.07. The summed E-state index contributed by atoms with van der Waals surface area (Å²) >= 11 is 0. The monoisotopic (exact) mass is 189 g/mol. The van der Waals surface area contributed by atoms with Crippen LogP contribution in [0.3, 0.4) is 0 Å². The molecule has 0 fully saturated rings. The smallest absolute Gasteiger partial charge is 0.445 e. The van der Waals surface area contributed by atoms with Crippen LogP contribution in [0, 0.1) is 0 Å². The lowest BCUT2D eigenvalue weighted by Gasteiger charge is -2.17. The van der Waals surface area contributed by atoms with Crippen LogP contribution in [0.15, 0.2) is 12.1 Å². The molecule has 0 bridgehead atoms. The third kappa shape index (κ3) is 5.12. The van der Waals surface area contributed by atoms with Gasteiger partial charge in [-0.05, 0) is 0 Å². The summed E-state index contributed by atoms with van der Waals surface area (Å²) in [5.74, 6) is 0. The first-order valence-electron chi connectivity index (χ1n) is 3.07. The van der Waals surface area contributed by atoms with E-state index in [4.69, 9.17) is 0 Å². The molecule has 0 aliphatic heterocycles. The maximum absolute atomic E-state index is 11.7. The number of ether oxygens (including phenoxy) is 1. The zero-order chi connectivity index (χ0) is 9.78. The summed E-state index contributed by atoms with van der Waals surface area (Å²) in [6.45, 7) is -4.39. The Kier molecular flexibility index (Phi) is 4.23. The first-order valence-corrected chi connectivity index (χ1v) is 3.07. The quantitative estimate of drug-likeness (QED) is 0.475. The van der Waals surface area contributed by atoms with Crippen LogP contribution in [-0.2, 0) is 4.74 Å². The van der Waals surface area contributed by atoms with Crippen molar-refractivity contribution in [3.05, 3.63) is 12.1 Å². The van der Waals surface area contributed by atoms with E-state index in [9.17, 15) is 21.7 Å². The molecule has 0 rings (SSSR count). The SMILES string of the molecule is C=C(COCC(F)F)[B-](F)(F)F. The van der Waals surface area contributed by atoms with Gasteiger partial charge in [0, 0.05) is 6.61 Å². The fourth-order valence-electron chi connectivity index (χ4n) is 0.374. The molecule has 0 saturated carbocycles. The molecule has 1 nitrogen and oxygen atoms in total. The molecule has 0 aromatic carbocycles.